The molecule has 198 valence electrons. The highest BCUT2D eigenvalue weighted by Crippen LogP contribution is 2.40. The molecule has 5 aromatic rings. The van der Waals surface area contributed by atoms with Crippen molar-refractivity contribution in [3.8, 4) is 11.5 Å². The van der Waals surface area contributed by atoms with Crippen molar-refractivity contribution in [2.45, 2.75) is 28.6 Å². The first-order chi connectivity index (χ1) is 19.0. The molecule has 8 nitrogen and oxygen atoms in total. The first-order valence-corrected chi connectivity index (χ1v) is 14.8. The number of thiophene rings is 1. The Hall–Kier alpha value is -3.74. The number of ether oxygens (including phenoxy) is 1. The van der Waals surface area contributed by atoms with Gasteiger partial charge in [0.1, 0.15) is 11.6 Å². The van der Waals surface area contributed by atoms with Gasteiger partial charge >= 0.3 is 6.03 Å². The summed E-state index contributed by atoms with van der Waals surface area (Å²) < 4.78 is 20.8. The minimum absolute atomic E-state index is 0.267. The topological polar surface area (TPSA) is 106 Å². The van der Waals surface area contributed by atoms with Gasteiger partial charge in [-0.15, -0.1) is 22.7 Å². The molecule has 6 rings (SSSR count). The quantitative estimate of drug-likeness (QED) is 0.210. The van der Waals surface area contributed by atoms with Crippen LogP contribution in [0, 0.1) is 5.82 Å². The molecule has 5 heterocycles. The van der Waals surface area contributed by atoms with E-state index < -0.39 is 0 Å². The second-order valence-corrected chi connectivity index (χ2v) is 11.8. The summed E-state index contributed by atoms with van der Waals surface area (Å²) in [5.74, 6) is 1.43. The van der Waals surface area contributed by atoms with E-state index in [4.69, 9.17) is 15.5 Å². The molecule has 1 aromatic carbocycles. The molecule has 1 aliphatic heterocycles. The number of carbonyl (C=O) groups excluding carboxylic acids is 1. The van der Waals surface area contributed by atoms with Gasteiger partial charge < -0.3 is 20.7 Å². The number of benzene rings is 1. The van der Waals surface area contributed by atoms with Crippen LogP contribution in [-0.2, 0) is 0 Å². The Morgan fingerprint density at radius 1 is 1.13 bits per heavy atom. The van der Waals surface area contributed by atoms with Crippen molar-refractivity contribution in [1.82, 2.24) is 19.9 Å². The number of rotatable bonds is 7. The van der Waals surface area contributed by atoms with Gasteiger partial charge in [-0.05, 0) is 54.6 Å². The summed E-state index contributed by atoms with van der Waals surface area (Å²) in [6, 6.07) is 11.4. The zero-order valence-corrected chi connectivity index (χ0v) is 23.0. The lowest BCUT2D eigenvalue weighted by atomic mass is 9.94. The molecule has 1 saturated heterocycles. The number of aromatic nitrogens is 3. The van der Waals surface area contributed by atoms with Gasteiger partial charge in [-0.1, -0.05) is 11.8 Å². The second kappa shape index (κ2) is 11.2. The average Bonchev–Trinajstić information content (AvgIpc) is 3.62. The lowest BCUT2D eigenvalue weighted by Gasteiger charge is -2.29. The molecule has 12 heteroatoms. The van der Waals surface area contributed by atoms with E-state index in [1.54, 1.807) is 52.5 Å². The molecular weight excluding hydrogens is 556 g/mol. The number of halogens is 1. The van der Waals surface area contributed by atoms with Crippen LogP contribution in [0.1, 0.15) is 24.5 Å². The van der Waals surface area contributed by atoms with E-state index in [0.29, 0.717) is 35.5 Å². The Labute approximate surface area is 236 Å². The Bertz CT molecular complexity index is 1620. The highest BCUT2D eigenvalue weighted by Gasteiger charge is 2.24. The summed E-state index contributed by atoms with van der Waals surface area (Å²) in [6.07, 6.45) is 5.23. The van der Waals surface area contributed by atoms with Gasteiger partial charge in [0, 0.05) is 52.6 Å². The fourth-order valence-corrected chi connectivity index (χ4v) is 7.04. The van der Waals surface area contributed by atoms with Gasteiger partial charge in [0.2, 0.25) is 0 Å². The summed E-state index contributed by atoms with van der Waals surface area (Å²) in [6.45, 7) is 1.26. The molecule has 39 heavy (non-hydrogen) atoms. The summed E-state index contributed by atoms with van der Waals surface area (Å²) in [5.41, 5.74) is 7.35. The van der Waals surface area contributed by atoms with Crippen LogP contribution in [0.4, 0.5) is 20.1 Å². The molecule has 3 N–H and O–H groups in total. The number of piperidine rings is 1. The predicted octanol–water partition coefficient (Wildman–Crippen LogP) is 7.23. The summed E-state index contributed by atoms with van der Waals surface area (Å²) in [5, 5.41) is 8.05. The number of nitrogens with zero attached hydrogens (tertiary/aromatic N) is 4. The Balaban J connectivity index is 1.25. The van der Waals surface area contributed by atoms with E-state index in [1.165, 1.54) is 23.5 Å². The Morgan fingerprint density at radius 2 is 1.95 bits per heavy atom. The zero-order chi connectivity index (χ0) is 26.8. The van der Waals surface area contributed by atoms with E-state index in [1.807, 2.05) is 29.0 Å². The first-order valence-electron chi connectivity index (χ1n) is 12.2. The largest absolute Gasteiger partial charge is 0.453 e. The highest BCUT2D eigenvalue weighted by atomic mass is 32.2. The third-order valence-corrected chi connectivity index (χ3v) is 9.24. The van der Waals surface area contributed by atoms with Crippen molar-refractivity contribution < 1.29 is 13.9 Å². The van der Waals surface area contributed by atoms with Crippen LogP contribution in [-0.4, -0.2) is 39.0 Å². The van der Waals surface area contributed by atoms with Crippen LogP contribution in [0.2, 0.25) is 0 Å². The van der Waals surface area contributed by atoms with Crippen molar-refractivity contribution >= 4 is 61.6 Å². The number of carbonyl (C=O) groups is 1. The molecule has 0 unspecified atom stereocenters. The number of amides is 2. The van der Waals surface area contributed by atoms with E-state index in [2.05, 4.69) is 15.3 Å². The van der Waals surface area contributed by atoms with Crippen LogP contribution < -0.4 is 15.8 Å². The van der Waals surface area contributed by atoms with Gasteiger partial charge in [-0.3, -0.25) is 4.98 Å². The number of likely N-dealkylation sites (tertiary alicyclic amines) is 1. The highest BCUT2D eigenvalue weighted by molar-refractivity contribution is 7.99. The van der Waals surface area contributed by atoms with Crippen molar-refractivity contribution in [3.05, 3.63) is 77.1 Å². The number of nitrogens with two attached hydrogens (primary N) is 1. The summed E-state index contributed by atoms with van der Waals surface area (Å²) in [4.78, 5) is 29.0. The zero-order valence-electron chi connectivity index (χ0n) is 20.5. The van der Waals surface area contributed by atoms with E-state index in [9.17, 15) is 9.18 Å². The lowest BCUT2D eigenvalue weighted by molar-refractivity contribution is 0.190. The van der Waals surface area contributed by atoms with Crippen LogP contribution in [0.15, 0.2) is 75.4 Å². The molecule has 2 amide bonds. The van der Waals surface area contributed by atoms with Crippen LogP contribution in [0.3, 0.4) is 0 Å². The van der Waals surface area contributed by atoms with Crippen LogP contribution in [0.5, 0.6) is 11.5 Å². The maximum atomic E-state index is 13.5. The fourth-order valence-electron chi connectivity index (χ4n) is 4.37. The van der Waals surface area contributed by atoms with Crippen LogP contribution >= 0.6 is 34.4 Å². The van der Waals surface area contributed by atoms with Gasteiger partial charge in [-0.25, -0.2) is 19.2 Å². The van der Waals surface area contributed by atoms with E-state index >= 15 is 0 Å². The molecule has 0 bridgehead atoms. The molecule has 0 radical (unpaired) electrons. The molecule has 1 fully saturated rings. The lowest BCUT2D eigenvalue weighted by Crippen LogP contribution is -2.41. The molecule has 4 aromatic heterocycles. The molecule has 0 aliphatic carbocycles. The molecule has 0 spiro atoms. The number of hydrogen-bond acceptors (Lipinski definition) is 9. The number of nitrogens with one attached hydrogen (secondary N) is 1. The van der Waals surface area contributed by atoms with Crippen LogP contribution in [0.25, 0.3) is 10.2 Å². The third kappa shape index (κ3) is 5.82. The maximum absolute atomic E-state index is 13.5. The number of anilines is 2. The maximum Gasteiger partial charge on any atom is 0.314 e. The SMILES string of the molecule is NC(=O)N1CCC(c2csc(Nc3ncc(Sc4ccnc5ccsc45)cc3Oc3ccc(F)cc3)n2)CC1. The van der Waals surface area contributed by atoms with Crippen molar-refractivity contribution in [2.24, 2.45) is 5.73 Å². The van der Waals surface area contributed by atoms with Gasteiger partial charge in [-0.2, -0.15) is 0 Å². The van der Waals surface area contributed by atoms with E-state index in [-0.39, 0.29) is 17.8 Å². The predicted molar refractivity (Wildman–Crippen MR) is 153 cm³/mol. The normalized spacial score (nSPS) is 14.0. The van der Waals surface area contributed by atoms with Gasteiger partial charge in [0.05, 0.1) is 15.9 Å². The fraction of sp³-hybridized carbons (Fsp3) is 0.185. The standard InChI is InChI=1S/C27H23FN6O2S3/c28-17-1-3-18(4-2-17)36-22-13-19(39-23-5-9-30-20-8-12-37-24(20)23)14-31-25(22)33-27-32-21(15-38-27)16-6-10-34(11-7-16)26(29)35/h1-5,8-9,12-16H,6-7,10-11H2,(H2,29,35)(H,31,32,33). The van der Waals surface area contributed by atoms with Crippen molar-refractivity contribution in [1.29, 1.82) is 0 Å². The number of urea groups is 1. The number of hydrogen-bond donors (Lipinski definition) is 2. The third-order valence-electron chi connectivity index (χ3n) is 6.38. The smallest absolute Gasteiger partial charge is 0.314 e. The minimum atomic E-state index is -0.376. The summed E-state index contributed by atoms with van der Waals surface area (Å²) in [7, 11) is 0. The average molecular weight is 579 g/mol. The number of thiazole rings is 1. The van der Waals surface area contributed by atoms with Crippen molar-refractivity contribution in [2.75, 3.05) is 18.4 Å². The monoisotopic (exact) mass is 578 g/mol. The van der Waals surface area contributed by atoms with Gasteiger partial charge in [0.25, 0.3) is 0 Å². The second-order valence-electron chi connectivity index (χ2n) is 8.92. The van der Waals surface area contributed by atoms with Gasteiger partial charge in [0.15, 0.2) is 16.7 Å². The molecule has 0 saturated carbocycles. The number of primary amides is 1. The first kappa shape index (κ1) is 25.5. The number of pyridine rings is 2. The number of fused-ring (bicyclic) bond motifs is 1. The van der Waals surface area contributed by atoms with Crippen molar-refractivity contribution in [3.63, 3.8) is 0 Å². The minimum Gasteiger partial charge on any atom is -0.453 e. The Morgan fingerprint density at radius 3 is 2.74 bits per heavy atom. The Kier molecular flexibility index (Phi) is 7.31. The summed E-state index contributed by atoms with van der Waals surface area (Å²) >= 11 is 4.71. The molecule has 0 atom stereocenters. The molecule has 1 aliphatic rings. The van der Waals surface area contributed by atoms with E-state index in [0.717, 1.165) is 38.5 Å². The molecular formula is C27H23FN6O2S3.